The predicted molar refractivity (Wildman–Crippen MR) is 80.2 cm³/mol. The van der Waals surface area contributed by atoms with E-state index in [0.717, 1.165) is 17.5 Å². The van der Waals surface area contributed by atoms with Crippen LogP contribution in [0.15, 0.2) is 24.3 Å². The molecule has 0 spiro atoms. The minimum Gasteiger partial charge on any atom is -0.357 e. The van der Waals surface area contributed by atoms with Crippen molar-refractivity contribution < 1.29 is 9.59 Å². The van der Waals surface area contributed by atoms with Gasteiger partial charge in [0.2, 0.25) is 11.8 Å². The van der Waals surface area contributed by atoms with E-state index in [-0.39, 0.29) is 11.8 Å². The lowest BCUT2D eigenvalue weighted by Crippen LogP contribution is -2.46. The fourth-order valence-electron chi connectivity index (χ4n) is 2.16. The highest BCUT2D eigenvalue weighted by Crippen LogP contribution is 2.13. The van der Waals surface area contributed by atoms with Crippen LogP contribution in [0.25, 0.3) is 0 Å². The van der Waals surface area contributed by atoms with Crippen LogP contribution in [0.5, 0.6) is 0 Å². The summed E-state index contributed by atoms with van der Waals surface area (Å²) in [4.78, 5) is 25.7. The number of carbonyl (C=O) groups is 2. The number of carbonyl (C=O) groups excluding carboxylic acids is 2. The Balaban J connectivity index is 2.92. The van der Waals surface area contributed by atoms with Gasteiger partial charge in [0.15, 0.2) is 0 Å². The van der Waals surface area contributed by atoms with Gasteiger partial charge < -0.3 is 10.2 Å². The largest absolute Gasteiger partial charge is 0.357 e. The van der Waals surface area contributed by atoms with Gasteiger partial charge in [0, 0.05) is 20.0 Å². The van der Waals surface area contributed by atoms with Crippen molar-refractivity contribution in [2.75, 3.05) is 7.05 Å². The van der Waals surface area contributed by atoms with Crippen molar-refractivity contribution in [2.45, 2.75) is 46.2 Å². The molecule has 0 aromatic heterocycles. The molecule has 0 bridgehead atoms. The Bertz CT molecular complexity index is 471. The maximum absolute atomic E-state index is 12.2. The maximum atomic E-state index is 12.2. The highest BCUT2D eigenvalue weighted by atomic mass is 16.2. The summed E-state index contributed by atoms with van der Waals surface area (Å²) in [6.07, 6.45) is 1.25. The van der Waals surface area contributed by atoms with E-state index in [9.17, 15) is 9.59 Å². The van der Waals surface area contributed by atoms with Gasteiger partial charge in [0.05, 0.1) is 0 Å². The number of nitrogens with zero attached hydrogens (tertiary/aromatic N) is 1. The van der Waals surface area contributed by atoms with Crippen LogP contribution in [0.3, 0.4) is 0 Å². The molecule has 1 N–H and O–H groups in total. The van der Waals surface area contributed by atoms with E-state index >= 15 is 0 Å². The standard InChI is InChI=1S/C16H24N2O2/c1-5-7-15(19)18(13(3)16(20)17-4)11-14-9-6-8-12(2)10-14/h6,8-10,13H,5,7,11H2,1-4H3,(H,17,20)/t13-/m1/s1. The summed E-state index contributed by atoms with van der Waals surface area (Å²) in [5, 5.41) is 2.61. The topological polar surface area (TPSA) is 49.4 Å². The Kier molecular flexibility index (Phi) is 6.22. The molecular formula is C16H24N2O2. The molecule has 0 saturated carbocycles. The molecule has 0 aliphatic carbocycles. The van der Waals surface area contributed by atoms with E-state index in [0.29, 0.717) is 13.0 Å². The minimum atomic E-state index is -0.459. The molecule has 4 heteroatoms. The molecule has 0 radical (unpaired) electrons. The van der Waals surface area contributed by atoms with E-state index in [4.69, 9.17) is 0 Å². The molecule has 1 aromatic carbocycles. The zero-order chi connectivity index (χ0) is 15.1. The van der Waals surface area contributed by atoms with Gasteiger partial charge in [-0.1, -0.05) is 36.8 Å². The molecule has 0 unspecified atom stereocenters. The molecule has 0 fully saturated rings. The monoisotopic (exact) mass is 276 g/mol. The summed E-state index contributed by atoms with van der Waals surface area (Å²) in [5.74, 6) is -0.118. The Morgan fingerprint density at radius 2 is 2.05 bits per heavy atom. The Hall–Kier alpha value is -1.84. The Morgan fingerprint density at radius 3 is 2.60 bits per heavy atom. The van der Waals surface area contributed by atoms with Crippen LogP contribution < -0.4 is 5.32 Å². The van der Waals surface area contributed by atoms with Crippen molar-refractivity contribution in [2.24, 2.45) is 0 Å². The second kappa shape index (κ2) is 7.68. The summed E-state index contributed by atoms with van der Waals surface area (Å²) in [7, 11) is 1.59. The second-order valence-corrected chi connectivity index (χ2v) is 5.05. The first kappa shape index (κ1) is 16.2. The van der Waals surface area contributed by atoms with Gasteiger partial charge >= 0.3 is 0 Å². The van der Waals surface area contributed by atoms with Gasteiger partial charge in [-0.05, 0) is 25.8 Å². The van der Waals surface area contributed by atoms with Gasteiger partial charge in [0.25, 0.3) is 0 Å². The van der Waals surface area contributed by atoms with Gasteiger partial charge in [-0.25, -0.2) is 0 Å². The van der Waals surface area contributed by atoms with E-state index in [1.54, 1.807) is 18.9 Å². The first-order chi connectivity index (χ1) is 9.49. The fourth-order valence-corrected chi connectivity index (χ4v) is 2.16. The molecule has 110 valence electrons. The Labute approximate surface area is 121 Å². The first-order valence-corrected chi connectivity index (χ1v) is 7.06. The third kappa shape index (κ3) is 4.37. The van der Waals surface area contributed by atoms with Crippen molar-refractivity contribution in [1.82, 2.24) is 10.2 Å². The number of amides is 2. The number of likely N-dealkylation sites (N-methyl/N-ethyl adjacent to an activating group) is 1. The smallest absolute Gasteiger partial charge is 0.242 e. The number of nitrogens with one attached hydrogen (secondary N) is 1. The van der Waals surface area contributed by atoms with E-state index < -0.39 is 6.04 Å². The van der Waals surface area contributed by atoms with Crippen LogP contribution in [-0.2, 0) is 16.1 Å². The number of benzene rings is 1. The third-order valence-corrected chi connectivity index (χ3v) is 3.31. The van der Waals surface area contributed by atoms with Crippen LogP contribution in [0.2, 0.25) is 0 Å². The van der Waals surface area contributed by atoms with Crippen LogP contribution in [0.1, 0.15) is 37.8 Å². The summed E-state index contributed by atoms with van der Waals surface area (Å²) in [6.45, 7) is 6.22. The molecule has 2 amide bonds. The number of rotatable bonds is 6. The summed E-state index contributed by atoms with van der Waals surface area (Å²) in [6, 6.07) is 7.56. The maximum Gasteiger partial charge on any atom is 0.242 e. The van der Waals surface area contributed by atoms with Crippen LogP contribution in [0.4, 0.5) is 0 Å². The van der Waals surface area contributed by atoms with Crippen molar-refractivity contribution in [1.29, 1.82) is 0 Å². The molecular weight excluding hydrogens is 252 g/mol. The molecule has 20 heavy (non-hydrogen) atoms. The lowest BCUT2D eigenvalue weighted by molar-refractivity contribution is -0.140. The molecule has 0 heterocycles. The summed E-state index contributed by atoms with van der Waals surface area (Å²) < 4.78 is 0. The van der Waals surface area contributed by atoms with Crippen molar-refractivity contribution in [3.05, 3.63) is 35.4 Å². The van der Waals surface area contributed by atoms with E-state index in [2.05, 4.69) is 5.32 Å². The van der Waals surface area contributed by atoms with E-state index in [1.165, 1.54) is 0 Å². The lowest BCUT2D eigenvalue weighted by atomic mass is 10.1. The normalized spacial score (nSPS) is 11.8. The number of hydrogen-bond donors (Lipinski definition) is 1. The number of aryl methyl sites for hydroxylation is 1. The number of hydrogen-bond acceptors (Lipinski definition) is 2. The van der Waals surface area contributed by atoms with Gasteiger partial charge in [-0.3, -0.25) is 9.59 Å². The molecule has 1 aromatic rings. The third-order valence-electron chi connectivity index (χ3n) is 3.31. The van der Waals surface area contributed by atoms with Crippen LogP contribution >= 0.6 is 0 Å². The van der Waals surface area contributed by atoms with Gasteiger partial charge in [-0.15, -0.1) is 0 Å². The predicted octanol–water partition coefficient (Wildman–Crippen LogP) is 2.26. The fraction of sp³-hybridized carbons (Fsp3) is 0.500. The zero-order valence-electron chi connectivity index (χ0n) is 12.8. The van der Waals surface area contributed by atoms with Crippen molar-refractivity contribution in [3.63, 3.8) is 0 Å². The Morgan fingerprint density at radius 1 is 1.35 bits per heavy atom. The zero-order valence-corrected chi connectivity index (χ0v) is 12.8. The van der Waals surface area contributed by atoms with Crippen LogP contribution in [0, 0.1) is 6.92 Å². The average Bonchev–Trinajstić information content (AvgIpc) is 2.43. The highest BCUT2D eigenvalue weighted by molar-refractivity contribution is 5.87. The second-order valence-electron chi connectivity index (χ2n) is 5.05. The molecule has 1 atom stereocenters. The summed E-state index contributed by atoms with van der Waals surface area (Å²) >= 11 is 0. The van der Waals surface area contributed by atoms with Crippen molar-refractivity contribution in [3.8, 4) is 0 Å². The quantitative estimate of drug-likeness (QED) is 0.866. The van der Waals surface area contributed by atoms with Crippen molar-refractivity contribution >= 4 is 11.8 Å². The van der Waals surface area contributed by atoms with Gasteiger partial charge in [-0.2, -0.15) is 0 Å². The molecule has 0 aliphatic heterocycles. The first-order valence-electron chi connectivity index (χ1n) is 7.06. The molecule has 1 rings (SSSR count). The molecule has 4 nitrogen and oxygen atoms in total. The van der Waals surface area contributed by atoms with Gasteiger partial charge in [0.1, 0.15) is 6.04 Å². The molecule has 0 saturated heterocycles. The minimum absolute atomic E-state index is 0.0186. The highest BCUT2D eigenvalue weighted by Gasteiger charge is 2.24. The summed E-state index contributed by atoms with van der Waals surface area (Å²) in [5.41, 5.74) is 2.20. The SMILES string of the molecule is CCCC(=O)N(Cc1cccc(C)c1)[C@H](C)C(=O)NC. The average molecular weight is 276 g/mol. The van der Waals surface area contributed by atoms with Crippen LogP contribution in [-0.4, -0.2) is 29.8 Å². The lowest BCUT2D eigenvalue weighted by Gasteiger charge is -2.28. The molecule has 0 aliphatic rings. The van der Waals surface area contributed by atoms with E-state index in [1.807, 2.05) is 38.1 Å².